The van der Waals surface area contributed by atoms with Crippen molar-refractivity contribution in [2.45, 2.75) is 111 Å². The van der Waals surface area contributed by atoms with Crippen LogP contribution in [0.15, 0.2) is 11.6 Å². The molecule has 4 nitrogen and oxygen atoms in total. The SMILES string of the molecule is CC(C)CCCC(C)C1CCC2C3CC=C4CC(OS(=O)(=O)O)CC[C@]4(C)C3CC[C@]12C. The zero-order chi connectivity index (χ0) is 23.3. The fraction of sp³-hybridized carbons (Fsp3) is 0.926. The highest BCUT2D eigenvalue weighted by molar-refractivity contribution is 7.80. The Labute approximate surface area is 196 Å². The van der Waals surface area contributed by atoms with E-state index in [-0.39, 0.29) is 5.41 Å². The third kappa shape index (κ3) is 4.60. The van der Waals surface area contributed by atoms with E-state index in [2.05, 4.69) is 40.7 Å². The van der Waals surface area contributed by atoms with Crippen molar-refractivity contribution in [1.29, 1.82) is 0 Å². The minimum Gasteiger partial charge on any atom is -0.264 e. The van der Waals surface area contributed by atoms with Crippen molar-refractivity contribution in [3.8, 4) is 0 Å². The summed E-state index contributed by atoms with van der Waals surface area (Å²) >= 11 is 0. The second-order valence-corrected chi connectivity index (χ2v) is 13.7. The Bertz CT molecular complexity index is 818. The maximum Gasteiger partial charge on any atom is 0.397 e. The first kappa shape index (κ1) is 24.7. The van der Waals surface area contributed by atoms with Crippen LogP contribution in [0.5, 0.6) is 0 Å². The van der Waals surface area contributed by atoms with Crippen LogP contribution in [0.1, 0.15) is 105 Å². The molecule has 0 aromatic heterocycles. The van der Waals surface area contributed by atoms with Crippen molar-refractivity contribution >= 4 is 10.4 Å². The molecule has 0 amide bonds. The molecule has 0 aliphatic heterocycles. The lowest BCUT2D eigenvalue weighted by atomic mass is 9.47. The van der Waals surface area contributed by atoms with Gasteiger partial charge in [0.2, 0.25) is 0 Å². The van der Waals surface area contributed by atoms with Crippen LogP contribution < -0.4 is 0 Å². The first-order valence-electron chi connectivity index (χ1n) is 13.3. The van der Waals surface area contributed by atoms with E-state index in [0.717, 1.165) is 42.4 Å². The molecular formula is C27H46O4S. The highest BCUT2D eigenvalue weighted by Crippen LogP contribution is 2.67. The quantitative estimate of drug-likeness (QED) is 0.318. The van der Waals surface area contributed by atoms with Gasteiger partial charge in [0.25, 0.3) is 0 Å². The monoisotopic (exact) mass is 466 g/mol. The van der Waals surface area contributed by atoms with Crippen LogP contribution in [-0.2, 0) is 14.6 Å². The fourth-order valence-corrected chi connectivity index (χ4v) is 9.41. The highest BCUT2D eigenvalue weighted by atomic mass is 32.3. The maximum absolute atomic E-state index is 11.2. The zero-order valence-corrected chi connectivity index (χ0v) is 21.8. The van der Waals surface area contributed by atoms with E-state index in [4.69, 9.17) is 8.74 Å². The predicted molar refractivity (Wildman–Crippen MR) is 129 cm³/mol. The van der Waals surface area contributed by atoms with Crippen molar-refractivity contribution < 1.29 is 17.2 Å². The maximum atomic E-state index is 11.2. The smallest absolute Gasteiger partial charge is 0.264 e. The number of fused-ring (bicyclic) bond motifs is 5. The summed E-state index contributed by atoms with van der Waals surface area (Å²) in [5.74, 6) is 4.83. The van der Waals surface area contributed by atoms with Gasteiger partial charge in [-0.25, -0.2) is 4.18 Å². The second kappa shape index (κ2) is 9.00. The number of allylic oxidation sites excluding steroid dienone is 1. The van der Waals surface area contributed by atoms with Crippen LogP contribution in [0, 0.1) is 46.3 Å². The summed E-state index contributed by atoms with van der Waals surface area (Å²) in [6, 6.07) is 0. The van der Waals surface area contributed by atoms with Gasteiger partial charge < -0.3 is 0 Å². The molecule has 0 radical (unpaired) electrons. The molecule has 0 aromatic carbocycles. The van der Waals surface area contributed by atoms with Crippen molar-refractivity contribution in [2.24, 2.45) is 46.3 Å². The average molecular weight is 467 g/mol. The van der Waals surface area contributed by atoms with Crippen LogP contribution in [0.4, 0.5) is 0 Å². The van der Waals surface area contributed by atoms with Crippen LogP contribution >= 0.6 is 0 Å². The van der Waals surface area contributed by atoms with E-state index in [1.807, 2.05) is 0 Å². The summed E-state index contributed by atoms with van der Waals surface area (Å²) in [5, 5.41) is 0. The Kier molecular flexibility index (Phi) is 6.95. The van der Waals surface area contributed by atoms with Gasteiger partial charge in [-0.05, 0) is 97.7 Å². The van der Waals surface area contributed by atoms with Gasteiger partial charge in [0, 0.05) is 0 Å². The van der Waals surface area contributed by atoms with Gasteiger partial charge in [0.15, 0.2) is 0 Å². The molecule has 0 heterocycles. The number of rotatable bonds is 7. The Hall–Kier alpha value is -0.390. The van der Waals surface area contributed by atoms with E-state index < -0.39 is 16.5 Å². The molecule has 4 rings (SSSR count). The minimum absolute atomic E-state index is 0.171. The molecule has 0 aromatic rings. The normalized spacial score (nSPS) is 42.7. The number of hydrogen-bond donors (Lipinski definition) is 1. The third-order valence-corrected chi connectivity index (χ3v) is 11.0. The molecule has 8 atom stereocenters. The van der Waals surface area contributed by atoms with Gasteiger partial charge in [0.05, 0.1) is 6.10 Å². The summed E-state index contributed by atoms with van der Waals surface area (Å²) in [6.07, 6.45) is 15.1. The Morgan fingerprint density at radius 3 is 2.50 bits per heavy atom. The zero-order valence-electron chi connectivity index (χ0n) is 21.0. The Morgan fingerprint density at radius 2 is 1.81 bits per heavy atom. The summed E-state index contributed by atoms with van der Waals surface area (Å²) in [6.45, 7) is 12.3. The van der Waals surface area contributed by atoms with Crippen molar-refractivity contribution in [3.63, 3.8) is 0 Å². The summed E-state index contributed by atoms with van der Waals surface area (Å²) < 4.78 is 36.6. The molecule has 4 aliphatic rings. The molecule has 3 fully saturated rings. The van der Waals surface area contributed by atoms with Crippen molar-refractivity contribution in [3.05, 3.63) is 11.6 Å². The molecule has 32 heavy (non-hydrogen) atoms. The lowest BCUT2D eigenvalue weighted by Crippen LogP contribution is -2.51. The first-order valence-corrected chi connectivity index (χ1v) is 14.7. The van der Waals surface area contributed by atoms with Gasteiger partial charge in [-0.2, -0.15) is 8.42 Å². The lowest BCUT2D eigenvalue weighted by molar-refractivity contribution is -0.0560. The van der Waals surface area contributed by atoms with Gasteiger partial charge in [-0.3, -0.25) is 4.55 Å². The van der Waals surface area contributed by atoms with E-state index in [1.54, 1.807) is 0 Å². The molecule has 5 heteroatoms. The molecule has 184 valence electrons. The van der Waals surface area contributed by atoms with E-state index >= 15 is 0 Å². The topological polar surface area (TPSA) is 63.6 Å². The van der Waals surface area contributed by atoms with Crippen molar-refractivity contribution in [2.75, 3.05) is 0 Å². The average Bonchev–Trinajstić information content (AvgIpc) is 3.04. The first-order chi connectivity index (χ1) is 14.9. The lowest BCUT2D eigenvalue weighted by Gasteiger charge is -2.58. The molecule has 6 unspecified atom stereocenters. The predicted octanol–water partition coefficient (Wildman–Crippen LogP) is 7.22. The third-order valence-electron chi connectivity index (χ3n) is 10.5. The highest BCUT2D eigenvalue weighted by Gasteiger charge is 2.59. The molecule has 1 N–H and O–H groups in total. The molecule has 4 aliphatic carbocycles. The van der Waals surface area contributed by atoms with Gasteiger partial charge >= 0.3 is 10.4 Å². The van der Waals surface area contributed by atoms with E-state index in [1.165, 1.54) is 50.5 Å². The van der Waals surface area contributed by atoms with E-state index in [0.29, 0.717) is 24.2 Å². The second-order valence-electron chi connectivity index (χ2n) is 12.7. The van der Waals surface area contributed by atoms with Gasteiger partial charge in [-0.15, -0.1) is 0 Å². The Morgan fingerprint density at radius 1 is 1.06 bits per heavy atom. The molecular weight excluding hydrogens is 420 g/mol. The summed E-state index contributed by atoms with van der Waals surface area (Å²) in [7, 11) is -4.38. The van der Waals surface area contributed by atoms with Crippen LogP contribution in [0.25, 0.3) is 0 Å². The molecule has 0 spiro atoms. The van der Waals surface area contributed by atoms with Gasteiger partial charge in [-0.1, -0.05) is 65.5 Å². The molecule has 0 bridgehead atoms. The standard InChI is InChI=1S/C27H46O4S/c1-18(2)7-6-8-19(3)23-11-12-24-22-10-9-20-17-21(31-32(28,29)30)13-15-26(20,4)25(22)14-16-27(23,24)5/h9,18-19,21-25H,6-8,10-17H2,1-5H3,(H,28,29,30)/t19?,21?,22?,23?,24?,25?,26-,27+/m0/s1. The van der Waals surface area contributed by atoms with Crippen LogP contribution in [-0.4, -0.2) is 19.1 Å². The Balaban J connectivity index is 1.47. The minimum atomic E-state index is -4.38. The molecule has 3 saturated carbocycles. The molecule has 0 saturated heterocycles. The fourth-order valence-electron chi connectivity index (χ4n) is 8.91. The van der Waals surface area contributed by atoms with Crippen LogP contribution in [0.3, 0.4) is 0 Å². The summed E-state index contributed by atoms with van der Waals surface area (Å²) in [5.41, 5.74) is 2.05. The largest absolute Gasteiger partial charge is 0.397 e. The van der Waals surface area contributed by atoms with Crippen LogP contribution in [0.2, 0.25) is 0 Å². The number of hydrogen-bond acceptors (Lipinski definition) is 3. The summed E-state index contributed by atoms with van der Waals surface area (Å²) in [4.78, 5) is 0. The van der Waals surface area contributed by atoms with Gasteiger partial charge in [0.1, 0.15) is 0 Å². The van der Waals surface area contributed by atoms with E-state index in [9.17, 15) is 8.42 Å². The van der Waals surface area contributed by atoms with Crippen molar-refractivity contribution in [1.82, 2.24) is 0 Å².